The van der Waals surface area contributed by atoms with Crippen LogP contribution in [-0.2, 0) is 28.4 Å². The first kappa shape index (κ1) is 25.6. The van der Waals surface area contributed by atoms with Crippen LogP contribution in [0.1, 0.15) is 19.3 Å². The fraction of sp³-hybridized carbons (Fsp3) is 1.00. The topological polar surface area (TPSA) is 55.4 Å². The molecule has 0 amide bonds. The van der Waals surface area contributed by atoms with E-state index in [1.165, 1.54) is 32.6 Å². The molecule has 0 saturated carbocycles. The van der Waals surface area contributed by atoms with Crippen LogP contribution >= 0.6 is 0 Å². The summed E-state index contributed by atoms with van der Waals surface area (Å²) in [4.78, 5) is 0. The van der Waals surface area contributed by atoms with Gasteiger partial charge in [0.15, 0.2) is 0 Å². The Morgan fingerprint density at radius 3 is 1.04 bits per heavy atom. The SMILES string of the molecule is COCCOCC[CH2][Sn]([CH2]CCOCCOC)[CH2]CCOCCOC. The molecule has 0 aromatic heterocycles. The molecule has 151 valence electrons. The molecule has 0 aromatic carbocycles. The van der Waals surface area contributed by atoms with E-state index in [0.29, 0.717) is 39.6 Å². The van der Waals surface area contributed by atoms with Gasteiger partial charge in [-0.1, -0.05) is 0 Å². The molecule has 6 nitrogen and oxygen atoms in total. The molecular formula is C18H39O6Sn. The van der Waals surface area contributed by atoms with Gasteiger partial charge in [0.05, 0.1) is 0 Å². The molecule has 0 aliphatic rings. The summed E-state index contributed by atoms with van der Waals surface area (Å²) in [5.41, 5.74) is 0. The second kappa shape index (κ2) is 22.6. The van der Waals surface area contributed by atoms with Gasteiger partial charge in [-0.25, -0.2) is 0 Å². The van der Waals surface area contributed by atoms with Crippen LogP contribution in [0, 0.1) is 0 Å². The quantitative estimate of drug-likeness (QED) is 0.190. The van der Waals surface area contributed by atoms with Gasteiger partial charge in [0.1, 0.15) is 0 Å². The Bertz CT molecular complexity index is 208. The normalized spacial score (nSPS) is 11.5. The predicted molar refractivity (Wildman–Crippen MR) is 102 cm³/mol. The van der Waals surface area contributed by atoms with E-state index < -0.39 is 19.8 Å². The Balaban J connectivity index is 3.76. The van der Waals surface area contributed by atoms with Crippen molar-refractivity contribution in [2.45, 2.75) is 32.6 Å². The molecule has 0 N–H and O–H groups in total. The molecule has 0 spiro atoms. The minimum atomic E-state index is -1.35. The average molecular weight is 470 g/mol. The second-order valence-corrected chi connectivity index (χ2v) is 14.4. The van der Waals surface area contributed by atoms with E-state index in [0.717, 1.165) is 19.8 Å². The number of ether oxygens (including phenoxy) is 6. The van der Waals surface area contributed by atoms with E-state index in [1.807, 2.05) is 0 Å². The summed E-state index contributed by atoms with van der Waals surface area (Å²) in [5.74, 6) is 0. The van der Waals surface area contributed by atoms with Crippen LogP contribution in [0.4, 0.5) is 0 Å². The zero-order valence-electron chi connectivity index (χ0n) is 16.6. The molecule has 0 fully saturated rings. The van der Waals surface area contributed by atoms with Gasteiger partial charge in [0.2, 0.25) is 0 Å². The number of hydrogen-bond donors (Lipinski definition) is 0. The molecule has 0 aliphatic heterocycles. The molecule has 7 heteroatoms. The second-order valence-electron chi connectivity index (χ2n) is 5.88. The van der Waals surface area contributed by atoms with Gasteiger partial charge in [-0.15, -0.1) is 0 Å². The zero-order valence-corrected chi connectivity index (χ0v) is 19.4. The van der Waals surface area contributed by atoms with Crippen molar-refractivity contribution >= 4 is 19.8 Å². The van der Waals surface area contributed by atoms with Crippen LogP contribution in [0.15, 0.2) is 0 Å². The third kappa shape index (κ3) is 20.7. The van der Waals surface area contributed by atoms with Crippen LogP contribution < -0.4 is 0 Å². The van der Waals surface area contributed by atoms with Crippen LogP contribution in [-0.4, -0.2) is 101 Å². The van der Waals surface area contributed by atoms with Gasteiger partial charge in [-0.2, -0.15) is 0 Å². The van der Waals surface area contributed by atoms with E-state index in [2.05, 4.69) is 0 Å². The Kier molecular flexibility index (Phi) is 23.1. The molecule has 0 rings (SSSR count). The van der Waals surface area contributed by atoms with Gasteiger partial charge >= 0.3 is 162 Å². The van der Waals surface area contributed by atoms with Crippen LogP contribution in [0.2, 0.25) is 13.3 Å². The van der Waals surface area contributed by atoms with Crippen LogP contribution in [0.25, 0.3) is 0 Å². The summed E-state index contributed by atoms with van der Waals surface area (Å²) in [6.45, 7) is 6.75. The van der Waals surface area contributed by atoms with E-state index in [1.54, 1.807) is 21.3 Å². The minimum absolute atomic E-state index is 0.684. The predicted octanol–water partition coefficient (Wildman–Crippen LogP) is 2.64. The first-order valence-corrected chi connectivity index (χ1v) is 15.4. The Labute approximate surface area is 161 Å². The summed E-state index contributed by atoms with van der Waals surface area (Å²) in [6, 6.07) is 0. The van der Waals surface area contributed by atoms with Crippen molar-refractivity contribution in [1.29, 1.82) is 0 Å². The Hall–Kier alpha value is 0.559. The monoisotopic (exact) mass is 471 g/mol. The number of hydrogen-bond acceptors (Lipinski definition) is 6. The van der Waals surface area contributed by atoms with Crippen molar-refractivity contribution in [2.75, 3.05) is 80.8 Å². The summed E-state index contributed by atoms with van der Waals surface area (Å²) < 4.78 is 36.0. The van der Waals surface area contributed by atoms with Crippen molar-refractivity contribution in [1.82, 2.24) is 0 Å². The van der Waals surface area contributed by atoms with E-state index in [4.69, 9.17) is 28.4 Å². The van der Waals surface area contributed by atoms with E-state index >= 15 is 0 Å². The summed E-state index contributed by atoms with van der Waals surface area (Å²) in [5, 5.41) is 0. The van der Waals surface area contributed by atoms with Gasteiger partial charge in [-0.3, -0.25) is 0 Å². The van der Waals surface area contributed by atoms with Gasteiger partial charge in [-0.05, 0) is 0 Å². The van der Waals surface area contributed by atoms with Crippen LogP contribution in [0.5, 0.6) is 0 Å². The van der Waals surface area contributed by atoms with E-state index in [-0.39, 0.29) is 0 Å². The van der Waals surface area contributed by atoms with Crippen molar-refractivity contribution in [3.05, 3.63) is 0 Å². The summed E-state index contributed by atoms with van der Waals surface area (Å²) in [6.07, 6.45) is 3.56. The summed E-state index contributed by atoms with van der Waals surface area (Å²) >= 11 is -1.35. The zero-order chi connectivity index (χ0) is 18.4. The van der Waals surface area contributed by atoms with E-state index in [9.17, 15) is 0 Å². The van der Waals surface area contributed by atoms with Gasteiger partial charge < -0.3 is 0 Å². The average Bonchev–Trinajstić information content (AvgIpc) is 2.63. The number of methoxy groups -OCH3 is 3. The van der Waals surface area contributed by atoms with Crippen LogP contribution in [0.3, 0.4) is 0 Å². The molecule has 0 saturated heterocycles. The molecule has 0 aliphatic carbocycles. The van der Waals surface area contributed by atoms with Gasteiger partial charge in [0.25, 0.3) is 0 Å². The first-order chi connectivity index (χ1) is 12.3. The molecule has 0 heterocycles. The first-order valence-electron chi connectivity index (χ1n) is 9.38. The fourth-order valence-electron chi connectivity index (χ4n) is 2.38. The van der Waals surface area contributed by atoms with Crippen molar-refractivity contribution < 1.29 is 28.4 Å². The molecule has 0 unspecified atom stereocenters. The Morgan fingerprint density at radius 1 is 0.440 bits per heavy atom. The summed E-state index contributed by atoms with van der Waals surface area (Å²) in [7, 11) is 5.12. The molecule has 25 heavy (non-hydrogen) atoms. The van der Waals surface area contributed by atoms with Crippen molar-refractivity contribution in [3.8, 4) is 0 Å². The third-order valence-corrected chi connectivity index (χ3v) is 12.8. The Morgan fingerprint density at radius 2 is 0.760 bits per heavy atom. The maximum atomic E-state index is 5.59. The van der Waals surface area contributed by atoms with Crippen molar-refractivity contribution in [2.24, 2.45) is 0 Å². The number of rotatable bonds is 21. The molecule has 1 radical (unpaired) electrons. The molecule has 0 atom stereocenters. The molecular weight excluding hydrogens is 431 g/mol. The van der Waals surface area contributed by atoms with Gasteiger partial charge in [0, 0.05) is 0 Å². The third-order valence-electron chi connectivity index (χ3n) is 3.75. The molecule has 0 aromatic rings. The standard InChI is InChI=1S/3C6H13O2.Sn/c3*1-3-4-8-6-5-7-2;/h3*1,3-6H2,2H3;. The molecule has 0 bridgehead atoms. The fourth-order valence-corrected chi connectivity index (χ4v) is 10.0. The maximum absolute atomic E-state index is 5.59. The van der Waals surface area contributed by atoms with Crippen molar-refractivity contribution in [3.63, 3.8) is 0 Å².